The smallest absolute Gasteiger partial charge is 0.280 e. The van der Waals surface area contributed by atoms with Crippen LogP contribution in [-0.2, 0) is 4.74 Å². The number of hydrogen-bond donors (Lipinski definition) is 4. The number of nitrogens with one attached hydrogen (secondary N) is 1. The number of aliphatic imine (C=N–C) groups is 1. The quantitative estimate of drug-likeness (QED) is 0.502. The van der Waals surface area contributed by atoms with Crippen LogP contribution in [0.15, 0.2) is 16.1 Å². The van der Waals surface area contributed by atoms with Crippen molar-refractivity contribution in [3.05, 3.63) is 16.7 Å². The van der Waals surface area contributed by atoms with Crippen molar-refractivity contribution in [3.63, 3.8) is 0 Å². The first kappa shape index (κ1) is 14.8. The number of H-pyrrole nitrogens is 1. The summed E-state index contributed by atoms with van der Waals surface area (Å²) in [5, 5.41) is 29.0. The minimum Gasteiger partial charge on any atom is -0.394 e. The Balaban J connectivity index is 2.10. The third kappa shape index (κ3) is 2.22. The average molecular weight is 309 g/mol. The van der Waals surface area contributed by atoms with Gasteiger partial charge in [-0.15, -0.1) is 0 Å². The summed E-state index contributed by atoms with van der Waals surface area (Å²) in [5.41, 5.74) is -0.247. The molecule has 2 aromatic rings. The van der Waals surface area contributed by atoms with Crippen molar-refractivity contribution >= 4 is 23.3 Å². The first-order valence-electron chi connectivity index (χ1n) is 6.64. The molecule has 1 aliphatic heterocycles. The minimum absolute atomic E-state index is 0.0628. The molecule has 0 spiro atoms. The molecular formula is C12H15N5O5. The van der Waals surface area contributed by atoms with Gasteiger partial charge in [-0.3, -0.25) is 14.3 Å². The van der Waals surface area contributed by atoms with E-state index in [0.717, 1.165) is 0 Å². The largest absolute Gasteiger partial charge is 0.394 e. The number of nitrogens with zero attached hydrogens (tertiary/aromatic N) is 4. The van der Waals surface area contributed by atoms with Gasteiger partial charge in [0.1, 0.15) is 18.3 Å². The van der Waals surface area contributed by atoms with Gasteiger partial charge in [0.05, 0.1) is 12.9 Å². The van der Waals surface area contributed by atoms with Gasteiger partial charge < -0.3 is 20.1 Å². The lowest BCUT2D eigenvalue weighted by Crippen LogP contribution is -2.33. The first-order chi connectivity index (χ1) is 10.6. The molecule has 0 amide bonds. The molecule has 118 valence electrons. The summed E-state index contributed by atoms with van der Waals surface area (Å²) < 4.78 is 6.75. The Morgan fingerprint density at radius 3 is 2.91 bits per heavy atom. The van der Waals surface area contributed by atoms with Crippen molar-refractivity contribution in [2.75, 3.05) is 6.61 Å². The van der Waals surface area contributed by atoms with Crippen LogP contribution in [0.2, 0.25) is 0 Å². The molecule has 3 rings (SSSR count). The van der Waals surface area contributed by atoms with Crippen LogP contribution in [0.1, 0.15) is 13.2 Å². The highest BCUT2D eigenvalue weighted by Crippen LogP contribution is 2.30. The normalized spacial score (nSPS) is 28.9. The third-order valence-corrected chi connectivity index (χ3v) is 3.46. The summed E-state index contributed by atoms with van der Waals surface area (Å²) in [7, 11) is 0. The summed E-state index contributed by atoms with van der Waals surface area (Å²) in [6.07, 6.45) is -1.71. The van der Waals surface area contributed by atoms with Gasteiger partial charge >= 0.3 is 0 Å². The van der Waals surface area contributed by atoms with Crippen LogP contribution in [0.4, 0.5) is 5.95 Å². The van der Waals surface area contributed by atoms with Gasteiger partial charge in [0.2, 0.25) is 5.95 Å². The lowest BCUT2D eigenvalue weighted by Gasteiger charge is -2.16. The highest BCUT2D eigenvalue weighted by atomic mass is 16.6. The van der Waals surface area contributed by atoms with Crippen molar-refractivity contribution in [2.24, 2.45) is 4.99 Å². The standard InChI is InChI=1S/C12H15N5O5/c1-2-13-12-15-9-6(10(21)16-12)14-4-17(9)11-8(20)7(19)5(3-18)22-11/h2,4-5,7-8,11,18-20H,3H2,1H3,(H,15,16,21)/t5-,7-,8-,11-/m1/s1. The number of aliphatic hydroxyl groups is 3. The van der Waals surface area contributed by atoms with E-state index in [1.807, 2.05) is 0 Å². The first-order valence-corrected chi connectivity index (χ1v) is 6.64. The number of rotatable bonds is 3. The summed E-state index contributed by atoms with van der Waals surface area (Å²) >= 11 is 0. The van der Waals surface area contributed by atoms with Gasteiger partial charge in [0, 0.05) is 6.21 Å². The maximum Gasteiger partial charge on any atom is 0.280 e. The Hall–Kier alpha value is -2.14. The zero-order valence-corrected chi connectivity index (χ0v) is 11.6. The molecule has 0 bridgehead atoms. The molecular weight excluding hydrogens is 294 g/mol. The van der Waals surface area contributed by atoms with E-state index in [1.54, 1.807) is 6.92 Å². The molecule has 0 saturated carbocycles. The number of aliphatic hydroxyl groups excluding tert-OH is 3. The van der Waals surface area contributed by atoms with Crippen molar-refractivity contribution in [3.8, 4) is 0 Å². The number of ether oxygens (including phenoxy) is 1. The fourth-order valence-electron chi connectivity index (χ4n) is 2.39. The molecule has 3 heterocycles. The molecule has 10 nitrogen and oxygen atoms in total. The minimum atomic E-state index is -1.28. The molecule has 10 heteroatoms. The van der Waals surface area contributed by atoms with Crippen molar-refractivity contribution < 1.29 is 20.1 Å². The van der Waals surface area contributed by atoms with Gasteiger partial charge in [-0.2, -0.15) is 4.98 Å². The molecule has 4 N–H and O–H groups in total. The van der Waals surface area contributed by atoms with Gasteiger partial charge in [-0.25, -0.2) is 9.98 Å². The Kier molecular flexibility index (Phi) is 3.74. The zero-order chi connectivity index (χ0) is 15.9. The summed E-state index contributed by atoms with van der Waals surface area (Å²) in [6, 6.07) is 0. The summed E-state index contributed by atoms with van der Waals surface area (Å²) in [5.74, 6) is 0.0912. The Morgan fingerprint density at radius 2 is 2.27 bits per heavy atom. The van der Waals surface area contributed by atoms with Gasteiger partial charge in [-0.1, -0.05) is 0 Å². The fraction of sp³-hybridized carbons (Fsp3) is 0.500. The fourth-order valence-corrected chi connectivity index (χ4v) is 2.39. The highest BCUT2D eigenvalue weighted by Gasteiger charge is 2.44. The number of fused-ring (bicyclic) bond motifs is 1. The lowest BCUT2D eigenvalue weighted by molar-refractivity contribution is -0.0511. The summed E-state index contributed by atoms with van der Waals surface area (Å²) in [4.78, 5) is 26.4. The molecule has 0 aliphatic carbocycles. The van der Waals surface area contributed by atoms with Crippen LogP contribution in [0.5, 0.6) is 0 Å². The molecule has 1 aliphatic rings. The number of aromatic nitrogens is 4. The van der Waals surface area contributed by atoms with Gasteiger partial charge in [-0.05, 0) is 6.92 Å². The lowest BCUT2D eigenvalue weighted by atomic mass is 10.1. The van der Waals surface area contributed by atoms with E-state index in [1.165, 1.54) is 17.1 Å². The molecule has 4 atom stereocenters. The second kappa shape index (κ2) is 5.57. The molecule has 1 saturated heterocycles. The molecule has 0 aromatic carbocycles. The Morgan fingerprint density at radius 1 is 1.50 bits per heavy atom. The van der Waals surface area contributed by atoms with Crippen LogP contribution in [0, 0.1) is 0 Å². The second-order valence-corrected chi connectivity index (χ2v) is 4.83. The van der Waals surface area contributed by atoms with Gasteiger partial charge in [0.15, 0.2) is 17.4 Å². The van der Waals surface area contributed by atoms with E-state index in [4.69, 9.17) is 9.84 Å². The molecule has 0 radical (unpaired) electrons. The highest BCUT2D eigenvalue weighted by molar-refractivity contribution is 5.71. The van der Waals surface area contributed by atoms with Crippen molar-refractivity contribution in [1.29, 1.82) is 0 Å². The van der Waals surface area contributed by atoms with Crippen LogP contribution >= 0.6 is 0 Å². The molecule has 2 aromatic heterocycles. The predicted molar refractivity (Wildman–Crippen MR) is 75.0 cm³/mol. The van der Waals surface area contributed by atoms with Crippen molar-refractivity contribution in [1.82, 2.24) is 19.5 Å². The third-order valence-electron chi connectivity index (χ3n) is 3.46. The maximum absolute atomic E-state index is 11.9. The second-order valence-electron chi connectivity index (χ2n) is 4.83. The number of aromatic amines is 1. The SMILES string of the molecule is CC=Nc1nc2c(ncn2[C@@H]2O[C@H](CO)[C@@H](O)[C@H]2O)c(=O)[nH]1. The van der Waals surface area contributed by atoms with E-state index in [2.05, 4.69) is 19.9 Å². The van der Waals surface area contributed by atoms with Gasteiger partial charge in [0.25, 0.3) is 5.56 Å². The predicted octanol–water partition coefficient (Wildman–Crippen LogP) is -1.55. The zero-order valence-electron chi connectivity index (χ0n) is 11.6. The topological polar surface area (TPSA) is 146 Å². The Bertz CT molecular complexity index is 769. The molecule has 0 unspecified atom stereocenters. The number of imidazole rings is 1. The van der Waals surface area contributed by atoms with Crippen LogP contribution in [-0.4, -0.2) is 66.0 Å². The van der Waals surface area contributed by atoms with Crippen molar-refractivity contribution in [2.45, 2.75) is 31.5 Å². The summed E-state index contributed by atoms with van der Waals surface area (Å²) in [6.45, 7) is 1.23. The van der Waals surface area contributed by atoms with Crippen LogP contribution in [0.25, 0.3) is 11.2 Å². The van der Waals surface area contributed by atoms with E-state index in [0.29, 0.717) is 0 Å². The maximum atomic E-state index is 11.9. The molecule has 22 heavy (non-hydrogen) atoms. The molecule has 1 fully saturated rings. The van der Waals surface area contributed by atoms with E-state index >= 15 is 0 Å². The average Bonchev–Trinajstić information content (AvgIpc) is 3.03. The number of hydrogen-bond acceptors (Lipinski definition) is 8. The monoisotopic (exact) mass is 309 g/mol. The van der Waals surface area contributed by atoms with E-state index in [9.17, 15) is 15.0 Å². The van der Waals surface area contributed by atoms with E-state index < -0.39 is 36.7 Å². The van der Waals surface area contributed by atoms with Crippen LogP contribution in [0.3, 0.4) is 0 Å². The van der Waals surface area contributed by atoms with Crippen LogP contribution < -0.4 is 5.56 Å². The Labute approximate surface area is 123 Å². The van der Waals surface area contributed by atoms with E-state index in [-0.39, 0.29) is 17.1 Å².